The minimum atomic E-state index is -3.78. The molecule has 0 unspecified atom stereocenters. The first-order valence-electron chi connectivity index (χ1n) is 8.07. The summed E-state index contributed by atoms with van der Waals surface area (Å²) in [5, 5.41) is -0.0855. The van der Waals surface area contributed by atoms with Gasteiger partial charge in [-0.2, -0.15) is 4.31 Å². The van der Waals surface area contributed by atoms with Gasteiger partial charge in [0.25, 0.3) is 0 Å². The first-order chi connectivity index (χ1) is 12.2. The second-order valence-electron chi connectivity index (χ2n) is 6.19. The Morgan fingerprint density at radius 1 is 1.12 bits per heavy atom. The van der Waals surface area contributed by atoms with Crippen LogP contribution in [0.5, 0.6) is 0 Å². The van der Waals surface area contributed by atoms with E-state index >= 15 is 0 Å². The van der Waals surface area contributed by atoms with Crippen LogP contribution < -0.4 is 4.90 Å². The van der Waals surface area contributed by atoms with Crippen LogP contribution in [0.15, 0.2) is 47.4 Å². The van der Waals surface area contributed by atoms with Crippen LogP contribution in [0.3, 0.4) is 0 Å². The van der Waals surface area contributed by atoms with E-state index in [2.05, 4.69) is 0 Å². The number of hydrogen-bond donors (Lipinski definition) is 0. The lowest BCUT2D eigenvalue weighted by atomic mass is 10.2. The summed E-state index contributed by atoms with van der Waals surface area (Å²) in [5.41, 5.74) is 1.40. The maximum Gasteiger partial charge on any atom is 0.245 e. The first-order valence-corrected chi connectivity index (χ1v) is 9.88. The molecule has 0 N–H and O–H groups in total. The molecule has 1 fully saturated rings. The highest BCUT2D eigenvalue weighted by Gasteiger charge is 2.39. The third-order valence-electron chi connectivity index (χ3n) is 4.44. The number of halogens is 2. The summed E-state index contributed by atoms with van der Waals surface area (Å²) in [4.78, 5) is 14.3. The van der Waals surface area contributed by atoms with Crippen molar-refractivity contribution in [1.82, 2.24) is 4.31 Å². The second-order valence-corrected chi connectivity index (χ2v) is 8.49. The van der Waals surface area contributed by atoms with Gasteiger partial charge in [0.1, 0.15) is 11.9 Å². The summed E-state index contributed by atoms with van der Waals surface area (Å²) >= 11 is 5.79. The Morgan fingerprint density at radius 2 is 1.77 bits per heavy atom. The van der Waals surface area contributed by atoms with Gasteiger partial charge in [-0.1, -0.05) is 29.3 Å². The molecule has 0 saturated carbocycles. The molecule has 0 aliphatic carbocycles. The molecule has 8 heteroatoms. The molecule has 0 radical (unpaired) electrons. The maximum atomic E-state index is 13.4. The number of amides is 1. The van der Waals surface area contributed by atoms with Crippen LogP contribution in [0.1, 0.15) is 12.5 Å². The molecule has 3 rings (SSSR count). The molecule has 0 aromatic heterocycles. The van der Waals surface area contributed by atoms with E-state index in [0.717, 1.165) is 5.56 Å². The minimum Gasteiger partial charge on any atom is -0.310 e. The Bertz CT molecular complexity index is 947. The number of sulfonamides is 1. The molecule has 1 aliphatic heterocycles. The molecular formula is C18H18ClFN2O3S. The van der Waals surface area contributed by atoms with Crippen LogP contribution in [0, 0.1) is 12.7 Å². The average Bonchev–Trinajstić information content (AvgIpc) is 2.60. The molecule has 2 aromatic rings. The molecule has 5 nitrogen and oxygen atoms in total. The number of hydrogen-bond acceptors (Lipinski definition) is 3. The smallest absolute Gasteiger partial charge is 0.245 e. The fraction of sp³-hybridized carbons (Fsp3) is 0.278. The van der Waals surface area contributed by atoms with E-state index in [4.69, 9.17) is 11.6 Å². The lowest BCUT2D eigenvalue weighted by Crippen LogP contribution is -2.57. The van der Waals surface area contributed by atoms with Crippen molar-refractivity contribution in [2.75, 3.05) is 18.0 Å². The molecule has 1 heterocycles. The molecule has 1 saturated heterocycles. The van der Waals surface area contributed by atoms with Crippen LogP contribution in [0.2, 0.25) is 5.02 Å². The number of rotatable bonds is 3. The number of aryl methyl sites for hydroxylation is 1. The van der Waals surface area contributed by atoms with E-state index in [9.17, 15) is 17.6 Å². The highest BCUT2D eigenvalue weighted by atomic mass is 35.5. The van der Waals surface area contributed by atoms with Gasteiger partial charge >= 0.3 is 0 Å². The number of nitrogens with zero attached hydrogens (tertiary/aromatic N) is 2. The quantitative estimate of drug-likeness (QED) is 0.800. The van der Waals surface area contributed by atoms with E-state index in [0.29, 0.717) is 5.69 Å². The fourth-order valence-electron chi connectivity index (χ4n) is 2.93. The van der Waals surface area contributed by atoms with Crippen LogP contribution in [-0.2, 0) is 14.8 Å². The Labute approximate surface area is 157 Å². The van der Waals surface area contributed by atoms with Gasteiger partial charge in [-0.25, -0.2) is 12.8 Å². The molecule has 2 aromatic carbocycles. The SMILES string of the molecule is Cc1ccc(S(=O)(=O)N2CCN(c3ccc(F)c(Cl)c3)C(=O)[C@H]2C)cc1. The lowest BCUT2D eigenvalue weighted by Gasteiger charge is -2.38. The zero-order valence-electron chi connectivity index (χ0n) is 14.3. The van der Waals surface area contributed by atoms with Gasteiger partial charge in [0, 0.05) is 18.8 Å². The standard InChI is InChI=1S/C18H18ClFN2O3S/c1-12-3-6-15(7-4-12)26(24,25)22-10-9-21(18(23)13(22)2)14-5-8-17(20)16(19)11-14/h3-8,11,13H,9-10H2,1-2H3/t13-/m1/s1. The highest BCUT2D eigenvalue weighted by Crippen LogP contribution is 2.28. The first kappa shape index (κ1) is 18.8. The largest absolute Gasteiger partial charge is 0.310 e. The zero-order chi connectivity index (χ0) is 19.1. The molecule has 1 amide bonds. The second kappa shape index (κ2) is 6.98. The fourth-order valence-corrected chi connectivity index (χ4v) is 4.69. The van der Waals surface area contributed by atoms with Crippen molar-refractivity contribution in [3.05, 3.63) is 58.9 Å². The molecule has 1 aliphatic rings. The van der Waals surface area contributed by atoms with Gasteiger partial charge in [-0.3, -0.25) is 4.79 Å². The van der Waals surface area contributed by atoms with Crippen molar-refractivity contribution >= 4 is 33.2 Å². The highest BCUT2D eigenvalue weighted by molar-refractivity contribution is 7.89. The monoisotopic (exact) mass is 396 g/mol. The topological polar surface area (TPSA) is 57.7 Å². The summed E-state index contributed by atoms with van der Waals surface area (Å²) < 4.78 is 40.3. The van der Waals surface area contributed by atoms with Gasteiger partial charge in [0.2, 0.25) is 15.9 Å². The lowest BCUT2D eigenvalue weighted by molar-refractivity contribution is -0.123. The number of piperazine rings is 1. The van der Waals surface area contributed by atoms with Crippen LogP contribution >= 0.6 is 11.6 Å². The Kier molecular flexibility index (Phi) is 5.05. The van der Waals surface area contributed by atoms with Gasteiger partial charge < -0.3 is 4.90 Å². The average molecular weight is 397 g/mol. The van der Waals surface area contributed by atoms with Gasteiger partial charge in [0.15, 0.2) is 0 Å². The summed E-state index contributed by atoms with van der Waals surface area (Å²) in [5.74, 6) is -0.953. The molecular weight excluding hydrogens is 379 g/mol. The molecule has 0 spiro atoms. The predicted molar refractivity (Wildman–Crippen MR) is 98.3 cm³/mol. The summed E-state index contributed by atoms with van der Waals surface area (Å²) in [6.45, 7) is 3.72. The Balaban J connectivity index is 1.87. The third-order valence-corrected chi connectivity index (χ3v) is 6.72. The molecule has 138 valence electrons. The van der Waals surface area contributed by atoms with E-state index < -0.39 is 21.9 Å². The van der Waals surface area contributed by atoms with Crippen LogP contribution in [0.25, 0.3) is 0 Å². The Morgan fingerprint density at radius 3 is 2.38 bits per heavy atom. The van der Waals surface area contributed by atoms with Crippen molar-refractivity contribution < 1.29 is 17.6 Å². The zero-order valence-corrected chi connectivity index (χ0v) is 15.9. The van der Waals surface area contributed by atoms with Crippen molar-refractivity contribution in [2.24, 2.45) is 0 Å². The minimum absolute atomic E-state index is 0.0855. The van der Waals surface area contributed by atoms with Gasteiger partial charge in [0.05, 0.1) is 9.92 Å². The van der Waals surface area contributed by atoms with Gasteiger partial charge in [-0.05, 0) is 44.2 Å². The van der Waals surface area contributed by atoms with E-state index in [1.54, 1.807) is 19.1 Å². The normalized spacial score (nSPS) is 19.0. The Hall–Kier alpha value is -1.96. The number of carbonyl (C=O) groups is 1. The molecule has 26 heavy (non-hydrogen) atoms. The van der Waals surface area contributed by atoms with Crippen molar-refractivity contribution in [2.45, 2.75) is 24.8 Å². The predicted octanol–water partition coefficient (Wildman–Crippen LogP) is 3.21. The molecule has 1 atom stereocenters. The number of carbonyl (C=O) groups excluding carboxylic acids is 1. The van der Waals surface area contributed by atoms with E-state index in [-0.39, 0.29) is 28.9 Å². The van der Waals surface area contributed by atoms with Crippen LogP contribution in [-0.4, -0.2) is 37.8 Å². The van der Waals surface area contributed by atoms with E-state index in [1.165, 1.54) is 39.5 Å². The summed E-state index contributed by atoms with van der Waals surface area (Å²) in [6, 6.07) is 9.64. The van der Waals surface area contributed by atoms with Crippen LogP contribution in [0.4, 0.5) is 10.1 Å². The summed E-state index contributed by atoms with van der Waals surface area (Å²) in [6.07, 6.45) is 0. The third kappa shape index (κ3) is 3.34. The van der Waals surface area contributed by atoms with Crippen molar-refractivity contribution in [3.8, 4) is 0 Å². The number of benzene rings is 2. The van der Waals surface area contributed by atoms with Crippen molar-refractivity contribution in [3.63, 3.8) is 0 Å². The van der Waals surface area contributed by atoms with Gasteiger partial charge in [-0.15, -0.1) is 0 Å². The maximum absolute atomic E-state index is 13.4. The van der Waals surface area contributed by atoms with E-state index in [1.807, 2.05) is 6.92 Å². The van der Waals surface area contributed by atoms with Crippen molar-refractivity contribution in [1.29, 1.82) is 0 Å². The number of anilines is 1. The molecule has 0 bridgehead atoms. The summed E-state index contributed by atoms with van der Waals surface area (Å²) in [7, 11) is -3.78.